The fraction of sp³-hybridized carbons (Fsp3) is 0.522. The predicted octanol–water partition coefficient (Wildman–Crippen LogP) is 3.83. The summed E-state index contributed by atoms with van der Waals surface area (Å²) in [6, 6.07) is 6.52. The fourth-order valence-corrected chi connectivity index (χ4v) is 5.33. The molecule has 3 heterocycles. The number of hydrogen-bond acceptors (Lipinski definition) is 5. The molecule has 0 spiro atoms. The van der Waals surface area contributed by atoms with Crippen LogP contribution in [0, 0.1) is 11.8 Å². The van der Waals surface area contributed by atoms with E-state index in [1.54, 1.807) is 20.5 Å². The van der Waals surface area contributed by atoms with Crippen LogP contribution in [0.1, 0.15) is 37.1 Å². The maximum absolute atomic E-state index is 10.8. The van der Waals surface area contributed by atoms with Gasteiger partial charge in [0.15, 0.2) is 0 Å². The third-order valence-corrected chi connectivity index (χ3v) is 6.67. The zero-order valence-electron chi connectivity index (χ0n) is 17.4. The number of carbonyl (C=O) groups excluding carboxylic acids is 1. The zero-order valence-corrected chi connectivity index (χ0v) is 17.4. The van der Waals surface area contributed by atoms with Gasteiger partial charge in [-0.05, 0) is 42.4 Å². The van der Waals surface area contributed by atoms with Gasteiger partial charge in [-0.1, -0.05) is 19.4 Å². The molecule has 3 atom stereocenters. The molecule has 0 saturated carbocycles. The SMILES string of the molecule is CC[C@@H]1CN2CCc3c([nH]c4cccc(OC)c34)[C@@H]2C[C@@H]1C(=COC)COC=O. The number of nitrogens with one attached hydrogen (secondary N) is 1. The monoisotopic (exact) mass is 398 g/mol. The number of carbonyl (C=O) groups is 1. The van der Waals surface area contributed by atoms with E-state index in [4.69, 9.17) is 14.2 Å². The van der Waals surface area contributed by atoms with E-state index in [1.165, 1.54) is 16.6 Å². The number of H-pyrrole nitrogens is 1. The lowest BCUT2D eigenvalue weighted by molar-refractivity contribution is -0.128. The van der Waals surface area contributed by atoms with E-state index in [1.807, 2.05) is 12.1 Å². The molecule has 6 nitrogen and oxygen atoms in total. The molecule has 0 bridgehead atoms. The van der Waals surface area contributed by atoms with Crippen LogP contribution in [0.15, 0.2) is 30.0 Å². The van der Waals surface area contributed by atoms with Gasteiger partial charge in [0.25, 0.3) is 6.47 Å². The molecule has 1 N–H and O–H groups in total. The van der Waals surface area contributed by atoms with Crippen molar-refractivity contribution in [2.45, 2.75) is 32.2 Å². The van der Waals surface area contributed by atoms with E-state index in [0.717, 1.165) is 49.2 Å². The van der Waals surface area contributed by atoms with Crippen molar-refractivity contribution >= 4 is 17.4 Å². The predicted molar refractivity (Wildman–Crippen MR) is 112 cm³/mol. The molecule has 2 aliphatic heterocycles. The Balaban J connectivity index is 1.72. The number of benzene rings is 1. The first-order valence-corrected chi connectivity index (χ1v) is 10.4. The van der Waals surface area contributed by atoms with Gasteiger partial charge in [-0.3, -0.25) is 9.69 Å². The maximum Gasteiger partial charge on any atom is 0.293 e. The van der Waals surface area contributed by atoms with Gasteiger partial charge in [0, 0.05) is 35.3 Å². The lowest BCUT2D eigenvalue weighted by Crippen LogP contribution is -2.46. The summed E-state index contributed by atoms with van der Waals surface area (Å²) in [7, 11) is 3.39. The van der Waals surface area contributed by atoms with Crippen molar-refractivity contribution in [3.8, 4) is 5.75 Å². The van der Waals surface area contributed by atoms with Crippen LogP contribution >= 0.6 is 0 Å². The van der Waals surface area contributed by atoms with Crippen molar-refractivity contribution in [1.82, 2.24) is 9.88 Å². The third-order valence-electron chi connectivity index (χ3n) is 6.67. The molecule has 2 aliphatic rings. The van der Waals surface area contributed by atoms with E-state index in [9.17, 15) is 4.79 Å². The van der Waals surface area contributed by atoms with E-state index >= 15 is 0 Å². The largest absolute Gasteiger partial charge is 0.504 e. The van der Waals surface area contributed by atoms with Gasteiger partial charge in [0.2, 0.25) is 0 Å². The van der Waals surface area contributed by atoms with Crippen molar-refractivity contribution in [3.63, 3.8) is 0 Å². The Morgan fingerprint density at radius 1 is 1.34 bits per heavy atom. The second-order valence-corrected chi connectivity index (χ2v) is 8.01. The number of fused-ring (bicyclic) bond motifs is 5. The molecule has 0 radical (unpaired) electrons. The van der Waals surface area contributed by atoms with Crippen LogP contribution in [0.25, 0.3) is 10.9 Å². The molecule has 4 rings (SSSR count). The maximum atomic E-state index is 10.8. The van der Waals surface area contributed by atoms with Gasteiger partial charge < -0.3 is 19.2 Å². The van der Waals surface area contributed by atoms with Gasteiger partial charge in [-0.15, -0.1) is 0 Å². The third kappa shape index (κ3) is 3.50. The van der Waals surface area contributed by atoms with Crippen molar-refractivity contribution < 1.29 is 19.0 Å². The molecular formula is C23H30N2O4. The minimum atomic E-state index is 0.290. The number of piperidine rings is 1. The zero-order chi connectivity index (χ0) is 20.4. The highest BCUT2D eigenvalue weighted by molar-refractivity contribution is 5.91. The fourth-order valence-electron chi connectivity index (χ4n) is 5.33. The van der Waals surface area contributed by atoms with E-state index in [-0.39, 0.29) is 0 Å². The van der Waals surface area contributed by atoms with Crippen LogP contribution < -0.4 is 4.74 Å². The van der Waals surface area contributed by atoms with Crippen molar-refractivity contribution in [2.24, 2.45) is 11.8 Å². The highest BCUT2D eigenvalue weighted by atomic mass is 16.5. The molecular weight excluding hydrogens is 368 g/mol. The molecule has 0 amide bonds. The van der Waals surface area contributed by atoms with Gasteiger partial charge in [0.1, 0.15) is 12.4 Å². The van der Waals surface area contributed by atoms with Crippen molar-refractivity contribution in [2.75, 3.05) is 33.9 Å². The summed E-state index contributed by atoms with van der Waals surface area (Å²) in [4.78, 5) is 17.1. The Labute approximate surface area is 171 Å². The molecule has 1 aromatic carbocycles. The van der Waals surface area contributed by atoms with E-state index in [0.29, 0.717) is 31.0 Å². The van der Waals surface area contributed by atoms with Crippen molar-refractivity contribution in [1.29, 1.82) is 0 Å². The Bertz CT molecular complexity index is 904. The Morgan fingerprint density at radius 3 is 2.93 bits per heavy atom. The average Bonchev–Trinajstić information content (AvgIpc) is 3.15. The second-order valence-electron chi connectivity index (χ2n) is 8.01. The summed E-state index contributed by atoms with van der Waals surface area (Å²) in [6.45, 7) is 5.15. The van der Waals surface area contributed by atoms with Gasteiger partial charge in [0.05, 0.1) is 26.5 Å². The number of methoxy groups -OCH3 is 2. The van der Waals surface area contributed by atoms with Crippen LogP contribution in [0.3, 0.4) is 0 Å². The second kappa shape index (κ2) is 8.49. The molecule has 1 saturated heterocycles. The molecule has 6 heteroatoms. The van der Waals surface area contributed by atoms with E-state index in [2.05, 4.69) is 22.9 Å². The number of ether oxygens (including phenoxy) is 3. The smallest absolute Gasteiger partial charge is 0.293 e. The Hall–Kier alpha value is -2.47. The van der Waals surface area contributed by atoms with Crippen molar-refractivity contribution in [3.05, 3.63) is 41.3 Å². The molecule has 29 heavy (non-hydrogen) atoms. The van der Waals surface area contributed by atoms with Gasteiger partial charge in [-0.25, -0.2) is 0 Å². The van der Waals surface area contributed by atoms with E-state index < -0.39 is 0 Å². The number of nitrogens with zero attached hydrogens (tertiary/aromatic N) is 1. The quantitative estimate of drug-likeness (QED) is 0.567. The van der Waals surface area contributed by atoms with Crippen LogP contribution in [0.4, 0.5) is 0 Å². The first-order chi connectivity index (χ1) is 14.2. The standard InChI is InChI=1S/C23H30N2O4/c1-4-15-11-25-9-8-17-22-19(6-5-7-21(22)28-3)24-23(17)20(25)10-18(15)16(12-27-2)13-29-14-26/h5-7,12,14-15,18,20,24H,4,8-11,13H2,1-3H3/t15-,18+,20+/m1/s1. The highest BCUT2D eigenvalue weighted by Gasteiger charge is 2.41. The topological polar surface area (TPSA) is 63.8 Å². The number of aromatic nitrogens is 1. The molecule has 1 aromatic heterocycles. The van der Waals surface area contributed by atoms with Gasteiger partial charge >= 0.3 is 0 Å². The molecule has 0 unspecified atom stereocenters. The summed E-state index contributed by atoms with van der Waals surface area (Å²) in [5, 5.41) is 1.22. The summed E-state index contributed by atoms with van der Waals surface area (Å²) < 4.78 is 16.1. The van der Waals surface area contributed by atoms with Crippen LogP contribution in [-0.2, 0) is 20.7 Å². The lowest BCUT2D eigenvalue weighted by atomic mass is 9.74. The molecule has 2 aromatic rings. The van der Waals surface area contributed by atoms with Crippen LogP contribution in [0.2, 0.25) is 0 Å². The Morgan fingerprint density at radius 2 is 2.21 bits per heavy atom. The first kappa shape index (κ1) is 19.8. The van der Waals surface area contributed by atoms with Crippen LogP contribution in [-0.4, -0.2) is 50.3 Å². The average molecular weight is 399 g/mol. The minimum Gasteiger partial charge on any atom is -0.504 e. The summed E-state index contributed by atoms with van der Waals surface area (Å²) in [5.74, 6) is 1.77. The molecule has 1 fully saturated rings. The number of hydrogen-bond donors (Lipinski definition) is 1. The Kier molecular flexibility index (Phi) is 5.81. The summed E-state index contributed by atoms with van der Waals surface area (Å²) in [5.41, 5.74) is 4.89. The first-order valence-electron chi connectivity index (χ1n) is 10.4. The normalized spacial score (nSPS) is 24.7. The van der Waals surface area contributed by atoms with Crippen LogP contribution in [0.5, 0.6) is 5.75 Å². The minimum absolute atomic E-state index is 0.290. The lowest BCUT2D eigenvalue weighted by Gasteiger charge is -2.46. The molecule has 0 aliphatic carbocycles. The summed E-state index contributed by atoms with van der Waals surface area (Å²) in [6.07, 6.45) is 4.87. The summed E-state index contributed by atoms with van der Waals surface area (Å²) >= 11 is 0. The molecule has 156 valence electrons. The number of aromatic amines is 1. The van der Waals surface area contributed by atoms with Gasteiger partial charge in [-0.2, -0.15) is 0 Å². The highest BCUT2D eigenvalue weighted by Crippen LogP contribution is 2.46. The number of rotatable bonds is 7.